The summed E-state index contributed by atoms with van der Waals surface area (Å²) < 4.78 is 6.32. The van der Waals surface area contributed by atoms with Crippen molar-refractivity contribution in [1.29, 1.82) is 0 Å². The van der Waals surface area contributed by atoms with Crippen LogP contribution in [0.25, 0.3) is 10.1 Å². The van der Waals surface area contributed by atoms with Crippen LogP contribution < -0.4 is 10.6 Å². The first-order chi connectivity index (χ1) is 16.7. The van der Waals surface area contributed by atoms with Crippen molar-refractivity contribution in [3.63, 3.8) is 0 Å². The van der Waals surface area contributed by atoms with Gasteiger partial charge >= 0.3 is 6.09 Å². The van der Waals surface area contributed by atoms with E-state index in [1.54, 1.807) is 4.90 Å². The molecule has 0 unspecified atom stereocenters. The summed E-state index contributed by atoms with van der Waals surface area (Å²) in [7, 11) is 0. The molecule has 0 spiro atoms. The summed E-state index contributed by atoms with van der Waals surface area (Å²) in [5.41, 5.74) is 1.63. The van der Waals surface area contributed by atoms with Crippen LogP contribution in [0.2, 0.25) is 0 Å². The van der Waals surface area contributed by atoms with Crippen LogP contribution in [0.4, 0.5) is 4.79 Å². The number of alkyl carbamates (subject to hydrolysis) is 1. The van der Waals surface area contributed by atoms with Crippen LogP contribution in [0, 0.1) is 0 Å². The molecule has 2 aromatic carbocycles. The summed E-state index contributed by atoms with van der Waals surface area (Å²) in [6.07, 6.45) is 2.05. The van der Waals surface area contributed by atoms with E-state index in [0.29, 0.717) is 31.1 Å². The van der Waals surface area contributed by atoms with Crippen molar-refractivity contribution in [3.8, 4) is 0 Å². The van der Waals surface area contributed by atoms with E-state index in [4.69, 9.17) is 4.74 Å². The number of carbonyl (C=O) groups is 3. The molecule has 0 saturated carbocycles. The summed E-state index contributed by atoms with van der Waals surface area (Å²) >= 11 is 1.47. The fourth-order valence-corrected chi connectivity index (χ4v) is 4.49. The Morgan fingerprint density at radius 3 is 2.40 bits per heavy atom. The van der Waals surface area contributed by atoms with Gasteiger partial charge in [-0.2, -0.15) is 0 Å². The van der Waals surface area contributed by atoms with E-state index in [0.717, 1.165) is 40.5 Å². The molecule has 0 aliphatic rings. The van der Waals surface area contributed by atoms with Gasteiger partial charge in [-0.1, -0.05) is 42.5 Å². The second-order valence-corrected chi connectivity index (χ2v) is 10.4. The molecule has 0 atom stereocenters. The summed E-state index contributed by atoms with van der Waals surface area (Å²) in [5.74, 6) is -0.113. The van der Waals surface area contributed by atoms with Gasteiger partial charge in [-0.05, 0) is 62.3 Å². The van der Waals surface area contributed by atoms with Gasteiger partial charge < -0.3 is 20.3 Å². The van der Waals surface area contributed by atoms with E-state index in [9.17, 15) is 14.4 Å². The number of nitrogens with one attached hydrogen (secondary N) is 2. The Bertz CT molecular complexity index is 1100. The predicted octanol–water partition coefficient (Wildman–Crippen LogP) is 4.75. The van der Waals surface area contributed by atoms with E-state index >= 15 is 0 Å². The van der Waals surface area contributed by atoms with Crippen molar-refractivity contribution in [3.05, 3.63) is 70.6 Å². The lowest BCUT2D eigenvalue weighted by Crippen LogP contribution is -2.34. The van der Waals surface area contributed by atoms with Gasteiger partial charge in [0.2, 0.25) is 6.41 Å². The smallest absolute Gasteiger partial charge is 0.407 e. The van der Waals surface area contributed by atoms with Gasteiger partial charge in [0.15, 0.2) is 0 Å². The van der Waals surface area contributed by atoms with Crippen LogP contribution in [0.1, 0.15) is 48.0 Å². The van der Waals surface area contributed by atoms with Gasteiger partial charge in [0, 0.05) is 30.9 Å². The summed E-state index contributed by atoms with van der Waals surface area (Å²) in [6, 6.07) is 17.8. The first-order valence-electron chi connectivity index (χ1n) is 11.7. The molecule has 186 valence electrons. The molecule has 0 saturated heterocycles. The summed E-state index contributed by atoms with van der Waals surface area (Å²) in [5, 5.41) is 6.71. The Balaban J connectivity index is 1.35. The number of thiophene rings is 1. The highest BCUT2D eigenvalue weighted by molar-refractivity contribution is 7.20. The van der Waals surface area contributed by atoms with Crippen LogP contribution >= 0.6 is 11.3 Å². The zero-order valence-electron chi connectivity index (χ0n) is 20.5. The fraction of sp³-hybridized carbons (Fsp3) is 0.370. The Kier molecular flexibility index (Phi) is 9.25. The number of benzene rings is 2. The SMILES string of the molecule is CC(C)(C)OC(=O)NCc1ccc(CCCN(C=O)CCNC(=O)c2cc3ccccc3s2)cc1. The number of rotatable bonds is 11. The Morgan fingerprint density at radius 2 is 1.71 bits per heavy atom. The average molecular weight is 496 g/mol. The van der Waals surface area contributed by atoms with Crippen molar-refractivity contribution in [1.82, 2.24) is 15.5 Å². The highest BCUT2D eigenvalue weighted by atomic mass is 32.1. The number of hydrogen-bond acceptors (Lipinski definition) is 5. The number of nitrogens with zero attached hydrogens (tertiary/aromatic N) is 1. The minimum atomic E-state index is -0.520. The van der Waals surface area contributed by atoms with E-state index in [1.807, 2.05) is 75.4 Å². The van der Waals surface area contributed by atoms with Gasteiger partial charge in [0.25, 0.3) is 5.91 Å². The van der Waals surface area contributed by atoms with E-state index < -0.39 is 11.7 Å². The molecular formula is C27H33N3O4S. The lowest BCUT2D eigenvalue weighted by molar-refractivity contribution is -0.118. The Labute approximate surface area is 210 Å². The molecule has 3 amide bonds. The maximum atomic E-state index is 12.4. The predicted molar refractivity (Wildman–Crippen MR) is 140 cm³/mol. The van der Waals surface area contributed by atoms with Crippen LogP contribution in [0.15, 0.2) is 54.6 Å². The molecule has 0 aliphatic heterocycles. The largest absolute Gasteiger partial charge is 0.444 e. The van der Waals surface area contributed by atoms with E-state index in [-0.39, 0.29) is 5.91 Å². The van der Waals surface area contributed by atoms with Crippen LogP contribution in [-0.2, 0) is 22.5 Å². The number of amides is 3. The Hall–Kier alpha value is -3.39. The van der Waals surface area contributed by atoms with E-state index in [2.05, 4.69) is 10.6 Å². The molecule has 1 heterocycles. The lowest BCUT2D eigenvalue weighted by Gasteiger charge is -2.19. The van der Waals surface area contributed by atoms with Gasteiger partial charge in [-0.3, -0.25) is 9.59 Å². The summed E-state index contributed by atoms with van der Waals surface area (Å²) in [6.45, 7) is 7.38. The van der Waals surface area contributed by atoms with Gasteiger partial charge in [0.05, 0.1) is 4.88 Å². The van der Waals surface area contributed by atoms with Gasteiger partial charge in [0.1, 0.15) is 5.60 Å². The third kappa shape index (κ3) is 8.72. The normalized spacial score (nSPS) is 11.2. The van der Waals surface area contributed by atoms with Crippen LogP contribution in [-0.4, -0.2) is 48.5 Å². The topological polar surface area (TPSA) is 87.7 Å². The molecular weight excluding hydrogens is 462 g/mol. The number of aryl methyl sites for hydroxylation is 1. The van der Waals surface area contributed by atoms with Crippen LogP contribution in [0.3, 0.4) is 0 Å². The third-order valence-corrected chi connectivity index (χ3v) is 6.37. The molecule has 0 aliphatic carbocycles. The molecule has 0 fully saturated rings. The molecule has 3 rings (SSSR count). The fourth-order valence-electron chi connectivity index (χ4n) is 3.51. The number of carbonyl (C=O) groups excluding carboxylic acids is 3. The van der Waals surface area contributed by atoms with Crippen molar-refractivity contribution >= 4 is 39.8 Å². The maximum absolute atomic E-state index is 12.4. The van der Waals surface area contributed by atoms with Crippen LogP contribution in [0.5, 0.6) is 0 Å². The molecule has 7 nitrogen and oxygen atoms in total. The van der Waals surface area contributed by atoms with Gasteiger partial charge in [-0.15, -0.1) is 11.3 Å². The highest BCUT2D eigenvalue weighted by Crippen LogP contribution is 2.25. The number of fused-ring (bicyclic) bond motifs is 1. The average Bonchev–Trinajstić information content (AvgIpc) is 3.26. The minimum absolute atomic E-state index is 0.113. The van der Waals surface area contributed by atoms with E-state index in [1.165, 1.54) is 11.3 Å². The number of hydrogen-bond donors (Lipinski definition) is 2. The second-order valence-electron chi connectivity index (χ2n) is 9.32. The molecule has 1 aromatic heterocycles. The van der Waals surface area contributed by atoms with Crippen molar-refractivity contribution in [2.45, 2.75) is 45.8 Å². The van der Waals surface area contributed by atoms with Crippen molar-refractivity contribution in [2.75, 3.05) is 19.6 Å². The first-order valence-corrected chi connectivity index (χ1v) is 12.6. The molecule has 0 bridgehead atoms. The maximum Gasteiger partial charge on any atom is 0.407 e. The van der Waals surface area contributed by atoms with Crippen molar-refractivity contribution in [2.24, 2.45) is 0 Å². The zero-order valence-corrected chi connectivity index (χ0v) is 21.3. The molecule has 35 heavy (non-hydrogen) atoms. The van der Waals surface area contributed by atoms with Gasteiger partial charge in [-0.25, -0.2) is 4.79 Å². The highest BCUT2D eigenvalue weighted by Gasteiger charge is 2.15. The number of ether oxygens (including phenoxy) is 1. The molecule has 8 heteroatoms. The molecule has 2 N–H and O–H groups in total. The quantitative estimate of drug-likeness (QED) is 0.376. The zero-order chi connectivity index (χ0) is 25.3. The molecule has 0 radical (unpaired) electrons. The molecule has 3 aromatic rings. The van der Waals surface area contributed by atoms with Crippen molar-refractivity contribution < 1.29 is 19.1 Å². The standard InChI is InChI=1S/C27H33N3O4S/c1-27(2,3)34-26(33)29-18-21-12-10-20(11-13-21)7-6-15-30(19-31)16-14-28-25(32)24-17-22-8-4-5-9-23(22)35-24/h4-5,8-13,17,19H,6-7,14-16,18H2,1-3H3,(H,28,32)(H,29,33). The lowest BCUT2D eigenvalue weighted by atomic mass is 10.1. The first kappa shape index (κ1) is 26.2. The Morgan fingerprint density at radius 1 is 1.00 bits per heavy atom. The second kappa shape index (κ2) is 12.4. The third-order valence-electron chi connectivity index (χ3n) is 5.25. The minimum Gasteiger partial charge on any atom is -0.444 e. The summed E-state index contributed by atoms with van der Waals surface area (Å²) in [4.78, 5) is 38.0. The monoisotopic (exact) mass is 495 g/mol.